The summed E-state index contributed by atoms with van der Waals surface area (Å²) in [6, 6.07) is 38.8. The van der Waals surface area contributed by atoms with Gasteiger partial charge in [-0.15, -0.1) is 0 Å². The van der Waals surface area contributed by atoms with Gasteiger partial charge in [-0.2, -0.15) is 0 Å². The molecule has 49 heavy (non-hydrogen) atoms. The monoisotopic (exact) mass is 766 g/mol. The van der Waals surface area contributed by atoms with Crippen molar-refractivity contribution in [2.75, 3.05) is 0 Å². The zero-order valence-electron chi connectivity index (χ0n) is 27.5. The Morgan fingerprint density at radius 3 is 1.61 bits per heavy atom. The zero-order chi connectivity index (χ0) is 34.4. The second-order valence-corrected chi connectivity index (χ2v) is 15.8. The Bertz CT molecular complexity index is 2420. The lowest BCUT2D eigenvalue weighted by Crippen LogP contribution is -2.16. The first-order valence-electron chi connectivity index (χ1n) is 16.3. The Morgan fingerprint density at radius 1 is 0.510 bits per heavy atom. The van der Waals surface area contributed by atoms with Gasteiger partial charge in [-0.1, -0.05) is 144 Å². The van der Waals surface area contributed by atoms with Crippen LogP contribution in [-0.4, -0.2) is 16.9 Å². The number of halogens is 2. The van der Waals surface area contributed by atoms with Crippen LogP contribution in [-0.2, 0) is 10.8 Å². The van der Waals surface area contributed by atoms with E-state index >= 15 is 0 Å². The Balaban J connectivity index is 0.000000142. The summed E-state index contributed by atoms with van der Waals surface area (Å²) in [5, 5.41) is 9.68. The molecule has 0 aromatic heterocycles. The van der Waals surface area contributed by atoms with Crippen LogP contribution >= 0.6 is 31.9 Å². The van der Waals surface area contributed by atoms with Crippen LogP contribution < -0.4 is 0 Å². The molecule has 6 aromatic carbocycles. The largest absolute Gasteiger partial charge is 0.478 e. The fourth-order valence-electron chi connectivity index (χ4n) is 8.41. The van der Waals surface area contributed by atoms with Crippen molar-refractivity contribution in [2.45, 2.75) is 38.5 Å². The van der Waals surface area contributed by atoms with Gasteiger partial charge < -0.3 is 5.11 Å². The summed E-state index contributed by atoms with van der Waals surface area (Å²) in [5.74, 6) is -0.780. The summed E-state index contributed by atoms with van der Waals surface area (Å²) >= 11 is 6.87. The van der Waals surface area contributed by atoms with E-state index < -0.39 is 5.97 Å². The van der Waals surface area contributed by atoms with Crippen LogP contribution in [0.5, 0.6) is 0 Å². The van der Waals surface area contributed by atoms with Crippen LogP contribution in [0.15, 0.2) is 124 Å². The molecule has 3 nitrogen and oxygen atoms in total. The first-order valence-corrected chi connectivity index (χ1v) is 17.9. The quantitative estimate of drug-likeness (QED) is 0.191. The van der Waals surface area contributed by atoms with Gasteiger partial charge in [0.05, 0.1) is 5.56 Å². The number of benzene rings is 6. The Labute approximate surface area is 302 Å². The molecule has 0 amide bonds. The minimum atomic E-state index is -0.915. The maximum absolute atomic E-state index is 12.9. The van der Waals surface area contributed by atoms with E-state index in [1.54, 1.807) is 6.07 Å². The Morgan fingerprint density at radius 2 is 0.980 bits per heavy atom. The van der Waals surface area contributed by atoms with Crippen molar-refractivity contribution in [3.05, 3.63) is 163 Å². The molecule has 0 fully saturated rings. The fraction of sp³-hybridized carbons (Fsp3) is 0.136. The van der Waals surface area contributed by atoms with Gasteiger partial charge in [-0.25, -0.2) is 4.79 Å². The molecular weight excluding hydrogens is 736 g/mol. The summed E-state index contributed by atoms with van der Waals surface area (Å²) < 4.78 is 1.71. The molecule has 9 rings (SSSR count). The lowest BCUT2D eigenvalue weighted by atomic mass is 9.78. The third kappa shape index (κ3) is 4.66. The first kappa shape index (κ1) is 31.7. The molecule has 0 saturated heterocycles. The van der Waals surface area contributed by atoms with Crippen LogP contribution in [0, 0.1) is 0 Å². The van der Waals surface area contributed by atoms with Gasteiger partial charge in [-0.05, 0) is 97.1 Å². The predicted octanol–water partition coefficient (Wildman–Crippen LogP) is 12.1. The molecule has 0 radical (unpaired) electrons. The molecule has 3 aliphatic carbocycles. The number of rotatable bonds is 2. The van der Waals surface area contributed by atoms with Gasteiger partial charge >= 0.3 is 5.97 Å². The maximum Gasteiger partial charge on any atom is 0.336 e. The first-order chi connectivity index (χ1) is 23.4. The average molecular weight is 769 g/mol. The smallest absolute Gasteiger partial charge is 0.336 e. The predicted molar refractivity (Wildman–Crippen MR) is 205 cm³/mol. The number of ketones is 1. The second-order valence-electron chi connectivity index (χ2n) is 14.0. The number of fused-ring (bicyclic) bond motifs is 10. The summed E-state index contributed by atoms with van der Waals surface area (Å²) in [4.78, 5) is 24.7. The van der Waals surface area contributed by atoms with Crippen molar-refractivity contribution < 1.29 is 14.7 Å². The van der Waals surface area contributed by atoms with Gasteiger partial charge in [0, 0.05) is 30.9 Å². The third-order valence-corrected chi connectivity index (χ3v) is 11.5. The number of carbonyl (C=O) groups is 2. The number of hydrogen-bond acceptors (Lipinski definition) is 2. The van der Waals surface area contributed by atoms with Crippen LogP contribution in [0.3, 0.4) is 0 Å². The van der Waals surface area contributed by atoms with Gasteiger partial charge in [0.1, 0.15) is 0 Å². The number of aromatic carboxylic acids is 1. The Kier molecular flexibility index (Phi) is 7.26. The van der Waals surface area contributed by atoms with Crippen molar-refractivity contribution in [2.24, 2.45) is 0 Å². The van der Waals surface area contributed by atoms with Crippen LogP contribution in [0.2, 0.25) is 0 Å². The molecule has 0 aliphatic heterocycles. The summed E-state index contributed by atoms with van der Waals surface area (Å²) in [7, 11) is 0. The highest BCUT2D eigenvalue weighted by Gasteiger charge is 2.42. The SMILES string of the molecule is CC1(C)c2ccccc2-c2ccc3c(c21)-c1ccc(Br)cc1C3=O.CC1(C)c2ccccc2-c2cccc(-c3ccc(Br)cc3C(=O)O)c21. The van der Waals surface area contributed by atoms with Crippen molar-refractivity contribution in [3.8, 4) is 44.5 Å². The van der Waals surface area contributed by atoms with Crippen molar-refractivity contribution in [3.63, 3.8) is 0 Å². The molecule has 0 bridgehead atoms. The number of carboxylic acid groups (broad SMARTS) is 1. The molecule has 0 atom stereocenters. The normalized spacial score (nSPS) is 14.9. The van der Waals surface area contributed by atoms with Gasteiger partial charge in [0.25, 0.3) is 0 Å². The molecular formula is C44H32Br2O3. The summed E-state index contributed by atoms with van der Waals surface area (Å²) in [6.45, 7) is 8.94. The minimum absolute atomic E-state index is 0.105. The average Bonchev–Trinajstić information content (AvgIpc) is 3.61. The molecule has 1 N–H and O–H groups in total. The highest BCUT2D eigenvalue weighted by molar-refractivity contribution is 9.10. The van der Waals surface area contributed by atoms with Gasteiger partial charge in [0.2, 0.25) is 0 Å². The number of hydrogen-bond donors (Lipinski definition) is 1. The molecule has 0 saturated carbocycles. The van der Waals surface area contributed by atoms with Gasteiger partial charge in [-0.3, -0.25) is 4.79 Å². The maximum atomic E-state index is 12.9. The standard InChI is InChI=1S/C22H17BrO2.C22H15BrO/c1-22(2)19-9-4-3-6-15(19)17-8-5-7-16(20(17)22)14-11-10-13(23)12-18(14)21(24)25;1-22(2)18-6-4-3-5-13(18)15-9-10-16-19(20(15)22)14-8-7-12(23)11-17(14)21(16)24/h3-12H,1-2H3,(H,24,25);3-11H,1-2H3. The Hall–Kier alpha value is -4.58. The van der Waals surface area contributed by atoms with E-state index in [0.717, 1.165) is 42.3 Å². The van der Waals surface area contributed by atoms with E-state index in [1.165, 1.54) is 44.5 Å². The van der Waals surface area contributed by atoms with E-state index in [0.29, 0.717) is 5.56 Å². The molecule has 5 heteroatoms. The van der Waals surface area contributed by atoms with E-state index in [1.807, 2.05) is 42.5 Å². The van der Waals surface area contributed by atoms with Crippen molar-refractivity contribution in [1.29, 1.82) is 0 Å². The highest BCUT2D eigenvalue weighted by atomic mass is 79.9. The van der Waals surface area contributed by atoms with Crippen molar-refractivity contribution >= 4 is 43.6 Å². The molecule has 3 aliphatic rings. The van der Waals surface area contributed by atoms with E-state index in [4.69, 9.17) is 0 Å². The lowest BCUT2D eigenvalue weighted by molar-refractivity contribution is 0.0697. The molecule has 0 spiro atoms. The summed E-state index contributed by atoms with van der Waals surface area (Å²) in [6.07, 6.45) is 0. The lowest BCUT2D eigenvalue weighted by Gasteiger charge is -2.25. The van der Waals surface area contributed by atoms with Crippen molar-refractivity contribution in [1.82, 2.24) is 0 Å². The molecule has 0 unspecified atom stereocenters. The molecule has 240 valence electrons. The second kappa shape index (κ2) is 11.2. The number of carbonyl (C=O) groups excluding carboxylic acids is 1. The topological polar surface area (TPSA) is 54.4 Å². The van der Waals surface area contributed by atoms with E-state index in [-0.39, 0.29) is 16.6 Å². The molecule has 6 aromatic rings. The van der Waals surface area contributed by atoms with Crippen LogP contribution in [0.1, 0.15) is 76.2 Å². The highest BCUT2D eigenvalue weighted by Crippen LogP contribution is 2.55. The van der Waals surface area contributed by atoms with Crippen LogP contribution in [0.4, 0.5) is 0 Å². The zero-order valence-corrected chi connectivity index (χ0v) is 30.7. The van der Waals surface area contributed by atoms with Gasteiger partial charge in [0.15, 0.2) is 5.78 Å². The number of carboxylic acids is 1. The molecule has 0 heterocycles. The van der Waals surface area contributed by atoms with E-state index in [2.05, 4.69) is 126 Å². The van der Waals surface area contributed by atoms with Crippen LogP contribution in [0.25, 0.3) is 44.5 Å². The summed E-state index contributed by atoms with van der Waals surface area (Å²) in [5.41, 5.74) is 15.7. The van der Waals surface area contributed by atoms with E-state index in [9.17, 15) is 14.7 Å². The fourth-order valence-corrected chi connectivity index (χ4v) is 9.13. The third-order valence-electron chi connectivity index (χ3n) is 10.5. The minimum Gasteiger partial charge on any atom is -0.478 e.